The lowest BCUT2D eigenvalue weighted by Crippen LogP contribution is -2.63. The number of hydrogen-bond donors (Lipinski definition) is 0. The third-order valence-corrected chi connectivity index (χ3v) is 12.3. The molecule has 0 heterocycles. The van der Waals surface area contributed by atoms with Gasteiger partial charge in [0.25, 0.3) is 0 Å². The molecule has 0 aromatic heterocycles. The average molecular weight is 591 g/mol. The highest BCUT2D eigenvalue weighted by Crippen LogP contribution is 2.74. The number of hydrogen-bond acceptors (Lipinski definition) is 5. The highest BCUT2D eigenvalue weighted by molar-refractivity contribution is 5.90. The zero-order valence-corrected chi connectivity index (χ0v) is 27.6. The zero-order chi connectivity index (χ0) is 30.9. The molecule has 1 aromatic carbocycles. The monoisotopic (exact) mass is 590 g/mol. The van der Waals surface area contributed by atoms with Gasteiger partial charge in [-0.2, -0.15) is 0 Å². The number of carbonyl (C=O) groups excluding carboxylic acids is 2. The Labute approximate surface area is 259 Å². The molecule has 5 heteroatoms. The van der Waals surface area contributed by atoms with Gasteiger partial charge >= 0.3 is 11.9 Å². The van der Waals surface area contributed by atoms with Crippen LogP contribution in [0.25, 0.3) is 0 Å². The van der Waals surface area contributed by atoms with Crippen molar-refractivity contribution in [2.75, 3.05) is 26.4 Å². The molecule has 0 bridgehead atoms. The largest absolute Gasteiger partial charge is 0.466 e. The summed E-state index contributed by atoms with van der Waals surface area (Å²) in [5.41, 5.74) is 4.78. The van der Waals surface area contributed by atoms with E-state index in [0.29, 0.717) is 42.6 Å². The molecule has 0 radical (unpaired) electrons. The summed E-state index contributed by atoms with van der Waals surface area (Å²) in [4.78, 5) is 25.5. The highest BCUT2D eigenvalue weighted by atomic mass is 16.6. The lowest BCUT2D eigenvalue weighted by atomic mass is 9.34. The van der Waals surface area contributed by atoms with Gasteiger partial charge in [-0.15, -0.1) is 0 Å². The zero-order valence-electron chi connectivity index (χ0n) is 27.6. The summed E-state index contributed by atoms with van der Waals surface area (Å²) in [6.45, 7) is 15.8. The van der Waals surface area contributed by atoms with Gasteiger partial charge in [-0.3, -0.25) is 4.79 Å². The lowest BCUT2D eigenvalue weighted by molar-refractivity contribution is -0.152. The van der Waals surface area contributed by atoms with Crippen molar-refractivity contribution in [2.24, 2.45) is 28.1 Å². The normalized spacial score (nSPS) is 34.8. The van der Waals surface area contributed by atoms with E-state index in [1.54, 1.807) is 0 Å². The van der Waals surface area contributed by atoms with Crippen LogP contribution in [0.1, 0.15) is 121 Å². The minimum absolute atomic E-state index is 0.00227. The number of esters is 2. The van der Waals surface area contributed by atoms with Crippen LogP contribution in [-0.2, 0) is 30.8 Å². The molecule has 5 rings (SSSR count). The molecule has 6 unspecified atom stereocenters. The van der Waals surface area contributed by atoms with Gasteiger partial charge in [-0.25, -0.2) is 4.79 Å². The second-order valence-corrected chi connectivity index (χ2v) is 14.6. The van der Waals surface area contributed by atoms with Gasteiger partial charge in [0.2, 0.25) is 0 Å². The minimum Gasteiger partial charge on any atom is -0.466 e. The van der Waals surface area contributed by atoms with Crippen molar-refractivity contribution in [3.63, 3.8) is 0 Å². The maximum Gasteiger partial charge on any atom is 0.338 e. The molecule has 0 N–H and O–H groups in total. The molecule has 4 aliphatic rings. The first-order chi connectivity index (χ1) is 20.5. The summed E-state index contributed by atoms with van der Waals surface area (Å²) >= 11 is 0. The Bertz CT molecular complexity index is 1260. The summed E-state index contributed by atoms with van der Waals surface area (Å²) in [6, 6.07) is 6.21. The summed E-state index contributed by atoms with van der Waals surface area (Å²) < 4.78 is 16.4. The van der Waals surface area contributed by atoms with E-state index in [4.69, 9.17) is 14.2 Å². The number of benzene rings is 1. The van der Waals surface area contributed by atoms with Crippen molar-refractivity contribution >= 4 is 11.9 Å². The fourth-order valence-electron chi connectivity index (χ4n) is 10.0. The van der Waals surface area contributed by atoms with Gasteiger partial charge in [0.15, 0.2) is 0 Å². The second kappa shape index (κ2) is 12.5. The number of ether oxygens (including phenoxy) is 3. The number of carbonyl (C=O) groups is 2. The standard InChI is InChI=1S/C38H54O5/c1-7-22-41-23-24-43-34(40)28-16-15-27-17-18-32-36(4,30(27)25-28)26-29(12-11-14-33(39)42-8-2)38(6)31-13-9-10-19-35(31,3)20-21-37(32,38)5/h11-12,15-16,25-26,31-32H,7-10,13-14,17-24H2,1-6H3/b12-11-. The summed E-state index contributed by atoms with van der Waals surface area (Å²) in [7, 11) is 0. The van der Waals surface area contributed by atoms with Crippen LogP contribution in [0.3, 0.4) is 0 Å². The topological polar surface area (TPSA) is 61.8 Å². The minimum atomic E-state index is -0.283. The molecule has 1 aromatic rings. The van der Waals surface area contributed by atoms with E-state index in [1.165, 1.54) is 55.2 Å². The van der Waals surface area contributed by atoms with Crippen molar-refractivity contribution in [3.8, 4) is 0 Å². The Morgan fingerprint density at radius 1 is 0.930 bits per heavy atom. The van der Waals surface area contributed by atoms with Crippen LogP contribution in [0.4, 0.5) is 0 Å². The fraction of sp³-hybridized carbons (Fsp3) is 0.684. The van der Waals surface area contributed by atoms with Crippen LogP contribution < -0.4 is 0 Å². The highest BCUT2D eigenvalue weighted by Gasteiger charge is 2.67. The predicted octanol–water partition coefficient (Wildman–Crippen LogP) is 8.54. The molecule has 2 fully saturated rings. The van der Waals surface area contributed by atoms with Crippen LogP contribution in [-0.4, -0.2) is 38.4 Å². The number of fused-ring (bicyclic) bond motifs is 7. The van der Waals surface area contributed by atoms with E-state index in [2.05, 4.69) is 58.9 Å². The third-order valence-electron chi connectivity index (χ3n) is 12.3. The van der Waals surface area contributed by atoms with E-state index in [0.717, 1.165) is 19.3 Å². The molecule has 6 atom stereocenters. The molecular formula is C38H54O5. The molecule has 43 heavy (non-hydrogen) atoms. The molecule has 0 amide bonds. The van der Waals surface area contributed by atoms with Crippen molar-refractivity contribution in [3.05, 3.63) is 58.7 Å². The smallest absolute Gasteiger partial charge is 0.338 e. The van der Waals surface area contributed by atoms with Crippen LogP contribution in [0, 0.1) is 28.1 Å². The SMILES string of the molecule is CCCOCCOC(=O)c1ccc2c(c1)C1(C)C=C(/C=C\CC(=O)OCC)C3(C)C4CCCCC4(C)CCC3(C)C1CC2. The summed E-state index contributed by atoms with van der Waals surface area (Å²) in [5.74, 6) is 0.604. The Balaban J connectivity index is 1.57. The third kappa shape index (κ3) is 5.53. The average Bonchev–Trinajstić information content (AvgIpc) is 2.98. The first-order valence-corrected chi connectivity index (χ1v) is 17.0. The van der Waals surface area contributed by atoms with E-state index < -0.39 is 0 Å². The van der Waals surface area contributed by atoms with Crippen LogP contribution in [0.5, 0.6) is 0 Å². The van der Waals surface area contributed by atoms with Crippen molar-refractivity contribution in [2.45, 2.75) is 111 Å². The molecule has 0 aliphatic heterocycles. The number of allylic oxidation sites excluding steroid dienone is 3. The van der Waals surface area contributed by atoms with Gasteiger partial charge in [-0.1, -0.05) is 71.8 Å². The van der Waals surface area contributed by atoms with Crippen LogP contribution in [0.15, 0.2) is 42.0 Å². The van der Waals surface area contributed by atoms with Crippen molar-refractivity contribution in [1.82, 2.24) is 0 Å². The fourth-order valence-corrected chi connectivity index (χ4v) is 10.0. The molecule has 4 aliphatic carbocycles. The number of rotatable bonds is 10. The van der Waals surface area contributed by atoms with Crippen molar-refractivity contribution in [1.29, 1.82) is 0 Å². The Kier molecular flexibility index (Phi) is 9.33. The maximum atomic E-state index is 13.1. The Morgan fingerprint density at radius 3 is 2.51 bits per heavy atom. The molecule has 0 saturated heterocycles. The summed E-state index contributed by atoms with van der Waals surface area (Å²) in [5, 5.41) is 0. The number of aryl methyl sites for hydroxylation is 1. The van der Waals surface area contributed by atoms with Gasteiger partial charge < -0.3 is 14.2 Å². The maximum absolute atomic E-state index is 13.1. The molecule has 0 spiro atoms. The van der Waals surface area contributed by atoms with Crippen molar-refractivity contribution < 1.29 is 23.8 Å². The van der Waals surface area contributed by atoms with Crippen LogP contribution in [0.2, 0.25) is 0 Å². The van der Waals surface area contributed by atoms with Gasteiger partial charge in [-0.05, 0) is 103 Å². The Morgan fingerprint density at radius 2 is 1.74 bits per heavy atom. The molecular weight excluding hydrogens is 536 g/mol. The van der Waals surface area contributed by atoms with Gasteiger partial charge in [0.05, 0.1) is 25.2 Å². The predicted molar refractivity (Wildman–Crippen MR) is 171 cm³/mol. The first-order valence-electron chi connectivity index (χ1n) is 17.0. The summed E-state index contributed by atoms with van der Waals surface area (Å²) in [6.07, 6.45) is 17.9. The molecule has 2 saturated carbocycles. The van der Waals surface area contributed by atoms with E-state index in [-0.39, 0.29) is 41.2 Å². The second-order valence-electron chi connectivity index (χ2n) is 14.6. The van der Waals surface area contributed by atoms with E-state index in [9.17, 15) is 9.59 Å². The molecule has 236 valence electrons. The quantitative estimate of drug-likeness (QED) is 0.202. The molecule has 5 nitrogen and oxygen atoms in total. The lowest BCUT2D eigenvalue weighted by Gasteiger charge is -2.70. The van der Waals surface area contributed by atoms with Gasteiger partial charge in [0, 0.05) is 17.4 Å². The van der Waals surface area contributed by atoms with Crippen LogP contribution >= 0.6 is 0 Å². The van der Waals surface area contributed by atoms with E-state index in [1.807, 2.05) is 19.1 Å². The Hall–Kier alpha value is -2.40. The first kappa shape index (κ1) is 32.0. The van der Waals surface area contributed by atoms with Gasteiger partial charge in [0.1, 0.15) is 6.61 Å². The van der Waals surface area contributed by atoms with E-state index >= 15 is 0 Å².